The van der Waals surface area contributed by atoms with Crippen LogP contribution in [0.5, 0.6) is 0 Å². The number of carbonyl (C=O) groups excluding carboxylic acids is 2. The summed E-state index contributed by atoms with van der Waals surface area (Å²) in [5, 5.41) is 13.5. The van der Waals surface area contributed by atoms with Gasteiger partial charge in [-0.1, -0.05) is 36.4 Å². The van der Waals surface area contributed by atoms with Gasteiger partial charge in [0.2, 0.25) is 11.8 Å². The highest BCUT2D eigenvalue weighted by Gasteiger charge is 2.34. The van der Waals surface area contributed by atoms with Gasteiger partial charge >= 0.3 is 5.97 Å². The minimum Gasteiger partial charge on any atom is -0.481 e. The zero-order valence-corrected chi connectivity index (χ0v) is 20.2. The van der Waals surface area contributed by atoms with Crippen LogP contribution in [0.15, 0.2) is 65.6 Å². The number of allylic oxidation sites excluding steroid dienone is 2. The first-order valence-corrected chi connectivity index (χ1v) is 13.1. The van der Waals surface area contributed by atoms with Crippen molar-refractivity contribution in [2.45, 2.75) is 43.4 Å². The van der Waals surface area contributed by atoms with Crippen LogP contribution in [0.3, 0.4) is 0 Å². The summed E-state index contributed by atoms with van der Waals surface area (Å²) in [6.07, 6.45) is 8.68. The number of para-hydroxylation sites is 1. The number of benzene rings is 2. The number of hydrogen-bond donors (Lipinski definition) is 2. The number of carbonyl (C=O) groups is 3. The molecule has 2 aromatic carbocycles. The van der Waals surface area contributed by atoms with Gasteiger partial charge in [0.15, 0.2) is 0 Å². The molecule has 0 aliphatic heterocycles. The first-order chi connectivity index (χ1) is 17.0. The number of carboxylic acid groups (broad SMARTS) is 1. The Morgan fingerprint density at radius 3 is 2.57 bits per heavy atom. The molecule has 180 valence electrons. The number of nitrogens with one attached hydrogen (secondary N) is 1. The van der Waals surface area contributed by atoms with Crippen molar-refractivity contribution in [2.24, 2.45) is 11.8 Å². The Morgan fingerprint density at radius 2 is 1.74 bits per heavy atom. The molecule has 35 heavy (non-hydrogen) atoms. The van der Waals surface area contributed by atoms with E-state index in [2.05, 4.69) is 11.4 Å². The molecule has 0 saturated heterocycles. The molecule has 2 unspecified atom stereocenters. The number of thioether (sulfide) groups is 1. The number of rotatable bonds is 6. The minimum absolute atomic E-state index is 0.0575. The van der Waals surface area contributed by atoms with Crippen molar-refractivity contribution in [3.8, 4) is 0 Å². The summed E-state index contributed by atoms with van der Waals surface area (Å²) >= 11 is 1.44. The van der Waals surface area contributed by atoms with E-state index in [4.69, 9.17) is 0 Å². The van der Waals surface area contributed by atoms with Crippen LogP contribution < -0.4 is 5.32 Å². The number of aryl methyl sites for hydroxylation is 1. The van der Waals surface area contributed by atoms with Crippen molar-refractivity contribution in [3.05, 3.63) is 71.9 Å². The van der Waals surface area contributed by atoms with E-state index in [-0.39, 0.29) is 17.6 Å². The molecule has 3 aromatic rings. The molecule has 2 aliphatic rings. The average Bonchev–Trinajstić information content (AvgIpc) is 3.22. The van der Waals surface area contributed by atoms with Crippen LogP contribution in [-0.4, -0.2) is 33.2 Å². The molecule has 0 fully saturated rings. The van der Waals surface area contributed by atoms with Crippen LogP contribution in [0.25, 0.3) is 10.9 Å². The summed E-state index contributed by atoms with van der Waals surface area (Å²) < 4.78 is 1.91. The second-order valence-electron chi connectivity index (χ2n) is 9.18. The van der Waals surface area contributed by atoms with Gasteiger partial charge in [0.1, 0.15) is 0 Å². The normalized spacial score (nSPS) is 19.3. The Bertz CT molecular complexity index is 1330. The fourth-order valence-electron chi connectivity index (χ4n) is 5.27. The summed E-state index contributed by atoms with van der Waals surface area (Å²) in [6.45, 7) is 0. The summed E-state index contributed by atoms with van der Waals surface area (Å²) in [6, 6.07) is 15.5. The Morgan fingerprint density at radius 1 is 0.971 bits per heavy atom. The van der Waals surface area contributed by atoms with Gasteiger partial charge < -0.3 is 10.4 Å². The molecule has 7 heteroatoms. The number of aromatic nitrogens is 1. The number of amides is 1. The van der Waals surface area contributed by atoms with Gasteiger partial charge in [0.05, 0.1) is 23.1 Å². The van der Waals surface area contributed by atoms with Crippen molar-refractivity contribution in [3.63, 3.8) is 0 Å². The molecule has 1 heterocycles. The van der Waals surface area contributed by atoms with Crippen LogP contribution in [0.1, 0.15) is 41.7 Å². The van der Waals surface area contributed by atoms with Gasteiger partial charge in [-0.05, 0) is 68.4 Å². The van der Waals surface area contributed by atoms with Gasteiger partial charge in [0, 0.05) is 21.7 Å². The zero-order valence-electron chi connectivity index (χ0n) is 19.4. The van der Waals surface area contributed by atoms with E-state index in [1.165, 1.54) is 22.7 Å². The smallest absolute Gasteiger partial charge is 0.307 e. The number of hydrogen-bond acceptors (Lipinski definition) is 4. The molecule has 6 nitrogen and oxygen atoms in total. The first-order valence-electron chi connectivity index (χ1n) is 12.1. The number of aliphatic carboxylic acids is 1. The summed E-state index contributed by atoms with van der Waals surface area (Å²) in [5.41, 5.74) is 4.06. The average molecular weight is 489 g/mol. The van der Waals surface area contributed by atoms with Crippen molar-refractivity contribution in [1.82, 2.24) is 4.57 Å². The lowest BCUT2D eigenvalue weighted by molar-refractivity contribution is -0.146. The molecule has 0 radical (unpaired) electrons. The highest BCUT2D eigenvalue weighted by Crippen LogP contribution is 2.33. The maximum absolute atomic E-state index is 13.3. The van der Waals surface area contributed by atoms with Crippen molar-refractivity contribution in [1.29, 1.82) is 0 Å². The third-order valence-electron chi connectivity index (χ3n) is 6.98. The summed E-state index contributed by atoms with van der Waals surface area (Å²) in [4.78, 5) is 38.6. The predicted molar refractivity (Wildman–Crippen MR) is 138 cm³/mol. The standard InChI is InChI=1S/C28H28N2O4S/c31-26(30-24-14-5-3-10-20(24)21-11-4-6-15-25(21)30)17-35-19-9-7-8-18(16-19)29-27(32)22-12-1-2-13-23(22)28(33)34/h1-3,5,7-10,14,16,22-23H,4,6,11-13,15,17H2,(H,29,32)(H,33,34). The van der Waals surface area contributed by atoms with Gasteiger partial charge in [-0.2, -0.15) is 0 Å². The largest absolute Gasteiger partial charge is 0.481 e. The molecule has 2 N–H and O–H groups in total. The third kappa shape index (κ3) is 4.78. The van der Waals surface area contributed by atoms with E-state index in [1.54, 1.807) is 6.07 Å². The van der Waals surface area contributed by atoms with Crippen LogP contribution in [0.4, 0.5) is 5.69 Å². The lowest BCUT2D eigenvalue weighted by Crippen LogP contribution is -2.34. The van der Waals surface area contributed by atoms with Crippen molar-refractivity contribution < 1.29 is 19.5 Å². The van der Waals surface area contributed by atoms with E-state index in [0.717, 1.165) is 41.8 Å². The zero-order chi connectivity index (χ0) is 24.4. The lowest BCUT2D eigenvalue weighted by atomic mass is 9.82. The SMILES string of the molecule is O=C(O)C1CC=CCC1C(=O)Nc1cccc(SCC(=O)n2c3c(c4ccccc42)CCCC3)c1. The van der Waals surface area contributed by atoms with E-state index in [0.29, 0.717) is 18.5 Å². The molecular formula is C28H28N2O4S. The van der Waals surface area contributed by atoms with Crippen LogP contribution in [-0.2, 0) is 22.4 Å². The number of fused-ring (bicyclic) bond motifs is 3. The Hall–Kier alpha value is -3.32. The number of carboxylic acids is 1. The fourth-order valence-corrected chi connectivity index (χ4v) is 6.07. The molecule has 2 aliphatic carbocycles. The van der Waals surface area contributed by atoms with Crippen LogP contribution >= 0.6 is 11.8 Å². The monoisotopic (exact) mass is 488 g/mol. The second kappa shape index (κ2) is 10.1. The van der Waals surface area contributed by atoms with Gasteiger partial charge in [0.25, 0.3) is 0 Å². The molecule has 1 amide bonds. The molecule has 5 rings (SSSR count). The predicted octanol–water partition coefficient (Wildman–Crippen LogP) is 5.56. The Labute approximate surface area is 208 Å². The van der Waals surface area contributed by atoms with Crippen molar-refractivity contribution >= 4 is 46.1 Å². The lowest BCUT2D eigenvalue weighted by Gasteiger charge is -2.24. The molecule has 0 saturated carbocycles. The van der Waals surface area contributed by atoms with E-state index in [9.17, 15) is 19.5 Å². The summed E-state index contributed by atoms with van der Waals surface area (Å²) in [5.74, 6) is -2.19. The molecular weight excluding hydrogens is 460 g/mol. The summed E-state index contributed by atoms with van der Waals surface area (Å²) in [7, 11) is 0. The third-order valence-corrected chi connectivity index (χ3v) is 7.96. The van der Waals surface area contributed by atoms with Gasteiger partial charge in [-0.3, -0.25) is 19.0 Å². The highest BCUT2D eigenvalue weighted by molar-refractivity contribution is 8.00. The minimum atomic E-state index is -0.947. The molecule has 2 atom stereocenters. The van der Waals surface area contributed by atoms with Crippen molar-refractivity contribution in [2.75, 3.05) is 11.1 Å². The van der Waals surface area contributed by atoms with Gasteiger partial charge in [-0.25, -0.2) is 0 Å². The maximum Gasteiger partial charge on any atom is 0.307 e. The number of nitrogens with zero attached hydrogens (tertiary/aromatic N) is 1. The molecule has 1 aromatic heterocycles. The van der Waals surface area contributed by atoms with Crippen LogP contribution in [0, 0.1) is 11.8 Å². The maximum atomic E-state index is 13.3. The topological polar surface area (TPSA) is 88.4 Å². The first kappa shape index (κ1) is 23.4. The quantitative estimate of drug-likeness (QED) is 0.350. The fraction of sp³-hybridized carbons (Fsp3) is 0.321. The number of anilines is 1. The van der Waals surface area contributed by atoms with E-state index >= 15 is 0 Å². The van der Waals surface area contributed by atoms with E-state index in [1.807, 2.05) is 53.1 Å². The molecule has 0 spiro atoms. The van der Waals surface area contributed by atoms with Crippen LogP contribution in [0.2, 0.25) is 0 Å². The Balaban J connectivity index is 1.29. The Kier molecular flexibility index (Phi) is 6.77. The van der Waals surface area contributed by atoms with E-state index < -0.39 is 17.8 Å². The molecule has 0 bridgehead atoms. The van der Waals surface area contributed by atoms with Gasteiger partial charge in [-0.15, -0.1) is 11.8 Å². The highest BCUT2D eigenvalue weighted by atomic mass is 32.2. The second-order valence-corrected chi connectivity index (χ2v) is 10.2.